The Hall–Kier alpha value is -1.37. The van der Waals surface area contributed by atoms with E-state index in [0.29, 0.717) is 16.9 Å². The summed E-state index contributed by atoms with van der Waals surface area (Å²) in [6, 6.07) is 4.38. The highest BCUT2D eigenvalue weighted by atomic mass is 32.2. The van der Waals surface area contributed by atoms with Crippen molar-refractivity contribution in [3.8, 4) is 0 Å². The Kier molecular flexibility index (Phi) is 2.62. The Morgan fingerprint density at radius 2 is 2.24 bits per heavy atom. The lowest BCUT2D eigenvalue weighted by atomic mass is 10.2. The first-order valence-corrected chi connectivity index (χ1v) is 6.74. The highest BCUT2D eigenvalue weighted by Gasteiger charge is 2.26. The van der Waals surface area contributed by atoms with Gasteiger partial charge in [-0.2, -0.15) is 11.8 Å². The van der Waals surface area contributed by atoms with Crippen molar-refractivity contribution in [3.63, 3.8) is 0 Å². The minimum atomic E-state index is 0.482. The number of thioether (sulfide) groups is 1. The average molecular weight is 250 g/mol. The number of nitrogens with zero attached hydrogens (tertiary/aromatic N) is 6. The van der Waals surface area contributed by atoms with E-state index in [2.05, 4.69) is 39.4 Å². The van der Waals surface area contributed by atoms with Gasteiger partial charge in [0.2, 0.25) is 0 Å². The molecule has 2 aromatic rings. The Balaban J connectivity index is 1.96. The van der Waals surface area contributed by atoms with Crippen LogP contribution < -0.4 is 4.90 Å². The molecule has 0 N–H and O–H groups in total. The maximum absolute atomic E-state index is 4.44. The molecule has 0 radical (unpaired) electrons. The molecule has 2 atom stereocenters. The van der Waals surface area contributed by atoms with Crippen molar-refractivity contribution >= 4 is 23.2 Å². The summed E-state index contributed by atoms with van der Waals surface area (Å²) in [6.07, 6.45) is 0. The van der Waals surface area contributed by atoms with Crippen molar-refractivity contribution in [2.75, 3.05) is 17.2 Å². The Morgan fingerprint density at radius 3 is 3.12 bits per heavy atom. The molecule has 17 heavy (non-hydrogen) atoms. The highest BCUT2D eigenvalue weighted by molar-refractivity contribution is 8.00. The number of fused-ring (bicyclic) bond motifs is 1. The topological polar surface area (TPSA) is 59.2 Å². The monoisotopic (exact) mass is 250 g/mol. The number of hydrogen-bond donors (Lipinski definition) is 0. The van der Waals surface area contributed by atoms with Gasteiger partial charge < -0.3 is 4.90 Å². The van der Waals surface area contributed by atoms with E-state index >= 15 is 0 Å². The normalized spacial score (nSPS) is 25.4. The second-order valence-corrected chi connectivity index (χ2v) is 5.71. The zero-order chi connectivity index (χ0) is 11.8. The Bertz CT molecular complexity index is 526. The number of rotatable bonds is 1. The van der Waals surface area contributed by atoms with Crippen molar-refractivity contribution in [2.24, 2.45) is 0 Å². The van der Waals surface area contributed by atoms with Crippen molar-refractivity contribution in [2.45, 2.75) is 25.1 Å². The number of tetrazole rings is 1. The van der Waals surface area contributed by atoms with E-state index < -0.39 is 0 Å². The van der Waals surface area contributed by atoms with E-state index in [4.69, 9.17) is 0 Å². The summed E-state index contributed by atoms with van der Waals surface area (Å²) in [5.74, 6) is 2.09. The molecular formula is C10H14N6S. The molecule has 1 aliphatic rings. The van der Waals surface area contributed by atoms with Gasteiger partial charge in [-0.05, 0) is 29.5 Å². The lowest BCUT2D eigenvalue weighted by Gasteiger charge is -2.38. The summed E-state index contributed by atoms with van der Waals surface area (Å²) in [7, 11) is 0. The van der Waals surface area contributed by atoms with E-state index in [1.165, 1.54) is 4.63 Å². The van der Waals surface area contributed by atoms with Gasteiger partial charge in [0.1, 0.15) is 0 Å². The molecule has 1 aliphatic heterocycles. The van der Waals surface area contributed by atoms with Gasteiger partial charge in [-0.15, -0.1) is 14.8 Å². The van der Waals surface area contributed by atoms with Crippen molar-refractivity contribution in [1.29, 1.82) is 0 Å². The first kappa shape index (κ1) is 10.8. The molecule has 90 valence electrons. The first-order chi connectivity index (χ1) is 8.25. The molecule has 1 saturated heterocycles. The van der Waals surface area contributed by atoms with E-state index in [1.54, 1.807) is 0 Å². The van der Waals surface area contributed by atoms with Gasteiger partial charge in [0.05, 0.1) is 0 Å². The molecule has 0 aromatic carbocycles. The maximum atomic E-state index is 4.44. The van der Waals surface area contributed by atoms with Crippen LogP contribution in [0.1, 0.15) is 13.8 Å². The minimum absolute atomic E-state index is 0.482. The van der Waals surface area contributed by atoms with Crippen LogP contribution in [0.5, 0.6) is 0 Å². The zero-order valence-electron chi connectivity index (χ0n) is 9.82. The largest absolute Gasteiger partial charge is 0.350 e. The van der Waals surface area contributed by atoms with Gasteiger partial charge in [0.25, 0.3) is 0 Å². The average Bonchev–Trinajstić information content (AvgIpc) is 2.79. The molecule has 2 unspecified atom stereocenters. The lowest BCUT2D eigenvalue weighted by molar-refractivity contribution is 0.607. The van der Waals surface area contributed by atoms with Crippen LogP contribution in [0.4, 0.5) is 5.82 Å². The third-order valence-electron chi connectivity index (χ3n) is 3.23. The van der Waals surface area contributed by atoms with Crippen molar-refractivity contribution < 1.29 is 0 Å². The van der Waals surface area contributed by atoms with Crippen LogP contribution in [0, 0.1) is 0 Å². The van der Waals surface area contributed by atoms with Crippen LogP contribution >= 0.6 is 11.8 Å². The number of hydrogen-bond acceptors (Lipinski definition) is 6. The second kappa shape index (κ2) is 4.14. The molecule has 3 heterocycles. The highest BCUT2D eigenvalue weighted by Crippen LogP contribution is 2.27. The molecule has 1 fully saturated rings. The molecular weight excluding hydrogens is 236 g/mol. The molecule has 7 heteroatoms. The molecule has 0 amide bonds. The summed E-state index contributed by atoms with van der Waals surface area (Å²) in [5, 5.41) is 16.3. The summed E-state index contributed by atoms with van der Waals surface area (Å²) < 4.78 is 1.48. The number of aromatic nitrogens is 5. The van der Waals surface area contributed by atoms with E-state index in [0.717, 1.165) is 18.1 Å². The molecule has 6 nitrogen and oxygen atoms in total. The lowest BCUT2D eigenvalue weighted by Crippen LogP contribution is -2.45. The minimum Gasteiger partial charge on any atom is -0.350 e. The predicted molar refractivity (Wildman–Crippen MR) is 67.3 cm³/mol. The Labute approximate surface area is 103 Å². The SMILES string of the molecule is CC1SCCN(c2ccc3nnnn3n2)C1C. The molecule has 0 bridgehead atoms. The quantitative estimate of drug-likeness (QED) is 0.748. The first-order valence-electron chi connectivity index (χ1n) is 5.69. The predicted octanol–water partition coefficient (Wildman–Crippen LogP) is 0.849. The summed E-state index contributed by atoms with van der Waals surface area (Å²) in [5.41, 5.74) is 0.681. The fourth-order valence-electron chi connectivity index (χ4n) is 2.05. The van der Waals surface area contributed by atoms with E-state index in [9.17, 15) is 0 Å². The van der Waals surface area contributed by atoms with Gasteiger partial charge in [0, 0.05) is 23.6 Å². The molecule has 0 spiro atoms. The standard InChI is InChI=1S/C10H14N6S/c1-7-8(2)17-6-5-15(7)10-4-3-9-11-13-14-16(9)12-10/h3-4,7-8H,5-6H2,1-2H3. The number of anilines is 1. The van der Waals surface area contributed by atoms with Crippen LogP contribution in [-0.2, 0) is 0 Å². The van der Waals surface area contributed by atoms with Crippen LogP contribution in [-0.4, -0.2) is 48.8 Å². The molecule has 0 saturated carbocycles. The van der Waals surface area contributed by atoms with Gasteiger partial charge in [0.15, 0.2) is 11.5 Å². The molecule has 2 aromatic heterocycles. The van der Waals surface area contributed by atoms with Gasteiger partial charge in [-0.3, -0.25) is 0 Å². The van der Waals surface area contributed by atoms with Crippen LogP contribution in [0.15, 0.2) is 12.1 Å². The summed E-state index contributed by atoms with van der Waals surface area (Å²) in [6.45, 7) is 5.52. The Morgan fingerprint density at radius 1 is 1.35 bits per heavy atom. The third-order valence-corrected chi connectivity index (χ3v) is 4.57. The van der Waals surface area contributed by atoms with Crippen molar-refractivity contribution in [3.05, 3.63) is 12.1 Å². The second-order valence-electron chi connectivity index (χ2n) is 4.23. The van der Waals surface area contributed by atoms with Gasteiger partial charge in [-0.1, -0.05) is 6.92 Å². The fourth-order valence-corrected chi connectivity index (χ4v) is 3.15. The third kappa shape index (κ3) is 1.84. The summed E-state index contributed by atoms with van der Waals surface area (Å²) in [4.78, 5) is 2.32. The fraction of sp³-hybridized carbons (Fsp3) is 0.600. The van der Waals surface area contributed by atoms with E-state index in [-0.39, 0.29) is 0 Å². The van der Waals surface area contributed by atoms with Crippen molar-refractivity contribution in [1.82, 2.24) is 25.3 Å². The van der Waals surface area contributed by atoms with Crippen LogP contribution in [0.25, 0.3) is 5.65 Å². The van der Waals surface area contributed by atoms with Crippen LogP contribution in [0.3, 0.4) is 0 Å². The van der Waals surface area contributed by atoms with Gasteiger partial charge in [-0.25, -0.2) is 0 Å². The van der Waals surface area contributed by atoms with Gasteiger partial charge >= 0.3 is 0 Å². The molecule has 0 aliphatic carbocycles. The smallest absolute Gasteiger partial charge is 0.200 e. The zero-order valence-corrected chi connectivity index (χ0v) is 10.6. The maximum Gasteiger partial charge on any atom is 0.200 e. The van der Waals surface area contributed by atoms with Crippen LogP contribution in [0.2, 0.25) is 0 Å². The molecule has 3 rings (SSSR count). The summed E-state index contributed by atoms with van der Waals surface area (Å²) >= 11 is 2.01. The van der Waals surface area contributed by atoms with E-state index in [1.807, 2.05) is 23.9 Å².